The molecule has 2 aromatic carbocycles. The number of aryl methyl sites for hydroxylation is 1. The normalized spacial score (nSPS) is 14.9. The van der Waals surface area contributed by atoms with E-state index in [1.165, 1.54) is 39.0 Å². The molecular weight excluding hydrogens is 525 g/mol. The fraction of sp³-hybridized carbons (Fsp3) is 0.423. The van der Waals surface area contributed by atoms with Crippen LogP contribution in [-0.2, 0) is 21.7 Å². The second-order valence-electron chi connectivity index (χ2n) is 9.95. The van der Waals surface area contributed by atoms with Crippen molar-refractivity contribution in [3.05, 3.63) is 62.2 Å². The molecule has 12 heteroatoms. The Morgan fingerprint density at radius 2 is 1.87 bits per heavy atom. The van der Waals surface area contributed by atoms with Gasteiger partial charge >= 0.3 is 6.18 Å². The topological polar surface area (TPSA) is 131 Å². The van der Waals surface area contributed by atoms with Crippen LogP contribution in [0, 0.1) is 40.2 Å². The van der Waals surface area contributed by atoms with E-state index in [2.05, 4.69) is 11.8 Å². The first kappa shape index (κ1) is 29.0. The summed E-state index contributed by atoms with van der Waals surface area (Å²) in [6, 6.07) is 6.78. The first-order valence-electron chi connectivity index (χ1n) is 11.4. The largest absolute Gasteiger partial charge is 0.493 e. The number of nitro groups is 1. The summed E-state index contributed by atoms with van der Waals surface area (Å²) in [6.07, 6.45) is -5.75. The van der Waals surface area contributed by atoms with Crippen molar-refractivity contribution in [2.24, 2.45) is 0 Å². The number of nitro benzene ring substituents is 1. The fourth-order valence-electron chi connectivity index (χ4n) is 4.50. The van der Waals surface area contributed by atoms with E-state index in [1.807, 2.05) is 0 Å². The van der Waals surface area contributed by atoms with Crippen molar-refractivity contribution >= 4 is 15.5 Å². The molecule has 1 unspecified atom stereocenters. The van der Waals surface area contributed by atoms with Crippen molar-refractivity contribution in [1.82, 2.24) is 0 Å². The molecule has 1 aliphatic heterocycles. The highest BCUT2D eigenvalue weighted by molar-refractivity contribution is 7.90. The zero-order valence-corrected chi connectivity index (χ0v) is 21.9. The quantitative estimate of drug-likeness (QED) is 0.318. The van der Waals surface area contributed by atoms with Gasteiger partial charge in [-0.3, -0.25) is 10.1 Å². The van der Waals surface area contributed by atoms with Gasteiger partial charge in [-0.25, -0.2) is 8.42 Å². The number of nitriles is 1. The van der Waals surface area contributed by atoms with Crippen LogP contribution >= 0.6 is 0 Å². The van der Waals surface area contributed by atoms with Gasteiger partial charge in [0, 0.05) is 30.7 Å². The van der Waals surface area contributed by atoms with Gasteiger partial charge in [0.25, 0.3) is 5.69 Å². The number of rotatable bonds is 6. The number of benzene rings is 2. The van der Waals surface area contributed by atoms with E-state index in [4.69, 9.17) is 10.00 Å². The molecule has 8 nitrogen and oxygen atoms in total. The van der Waals surface area contributed by atoms with Gasteiger partial charge in [-0.1, -0.05) is 25.7 Å². The molecule has 1 heterocycles. The Morgan fingerprint density at radius 1 is 1.21 bits per heavy atom. The number of halogens is 3. The second kappa shape index (κ2) is 9.93. The van der Waals surface area contributed by atoms with Crippen molar-refractivity contribution in [3.63, 3.8) is 0 Å². The SMILES string of the molecule is Cc1cc(C#N)cc([N+](=O)[O-])c1C#CCC(O)(CC(C)(C)c1cc(S(C)(=O)=O)cc2c1OCC2)C(F)(F)F. The lowest BCUT2D eigenvalue weighted by atomic mass is 9.73. The maximum atomic E-state index is 14.2. The van der Waals surface area contributed by atoms with Crippen LogP contribution in [-0.4, -0.2) is 43.1 Å². The Bertz CT molecular complexity index is 1510. The molecule has 0 saturated carbocycles. The van der Waals surface area contributed by atoms with Gasteiger partial charge in [0.2, 0.25) is 0 Å². The van der Waals surface area contributed by atoms with Crippen molar-refractivity contribution in [2.45, 2.75) is 62.1 Å². The van der Waals surface area contributed by atoms with E-state index in [9.17, 15) is 36.8 Å². The van der Waals surface area contributed by atoms with Crippen LogP contribution in [0.2, 0.25) is 0 Å². The van der Waals surface area contributed by atoms with Crippen molar-refractivity contribution in [3.8, 4) is 23.7 Å². The van der Waals surface area contributed by atoms with Gasteiger partial charge in [0.05, 0.1) is 28.1 Å². The number of alkyl halides is 3. The average Bonchev–Trinajstić information content (AvgIpc) is 3.26. The first-order valence-corrected chi connectivity index (χ1v) is 13.3. The lowest BCUT2D eigenvalue weighted by molar-refractivity contribution is -0.385. The van der Waals surface area contributed by atoms with Crippen molar-refractivity contribution < 1.29 is 36.4 Å². The summed E-state index contributed by atoms with van der Waals surface area (Å²) in [5.41, 5.74) is -4.47. The van der Waals surface area contributed by atoms with Gasteiger partial charge < -0.3 is 9.84 Å². The molecule has 0 bridgehead atoms. The summed E-state index contributed by atoms with van der Waals surface area (Å²) in [5, 5.41) is 31.4. The molecule has 38 heavy (non-hydrogen) atoms. The predicted octanol–water partition coefficient (Wildman–Crippen LogP) is 4.52. The molecule has 0 spiro atoms. The second-order valence-corrected chi connectivity index (χ2v) is 12.0. The third-order valence-corrected chi connectivity index (χ3v) is 7.50. The lowest BCUT2D eigenvalue weighted by Crippen LogP contribution is -2.49. The Labute approximate surface area is 218 Å². The highest BCUT2D eigenvalue weighted by Crippen LogP contribution is 2.47. The molecular formula is C26H25F3N2O6S. The Kier molecular flexibility index (Phi) is 7.57. The molecule has 1 aliphatic rings. The van der Waals surface area contributed by atoms with Crippen LogP contribution < -0.4 is 4.74 Å². The molecule has 1 atom stereocenters. The van der Waals surface area contributed by atoms with Crippen LogP contribution in [0.4, 0.5) is 18.9 Å². The number of aliphatic hydroxyl groups is 1. The highest BCUT2D eigenvalue weighted by atomic mass is 32.2. The zero-order valence-electron chi connectivity index (χ0n) is 21.1. The number of hydrogen-bond acceptors (Lipinski definition) is 7. The predicted molar refractivity (Wildman–Crippen MR) is 131 cm³/mol. The smallest absolute Gasteiger partial charge is 0.418 e. The maximum Gasteiger partial charge on any atom is 0.418 e. The standard InChI is InChI=1S/C26H25F3N2O6S/c1-16-10-17(14-30)11-22(31(33)34)20(16)6-5-8-25(32,26(27,28)29)15-24(2,3)21-13-19(38(4,35)36)12-18-7-9-37-23(18)21/h10-13,32H,7-9,15H2,1-4H3. The number of nitrogens with zero attached hydrogens (tertiary/aromatic N) is 2. The molecule has 2 aromatic rings. The van der Waals surface area contributed by atoms with Gasteiger partial charge in [-0.15, -0.1) is 0 Å². The number of ether oxygens (including phenoxy) is 1. The fourth-order valence-corrected chi connectivity index (χ4v) is 5.19. The van der Waals surface area contributed by atoms with Crippen molar-refractivity contribution in [2.75, 3.05) is 12.9 Å². The van der Waals surface area contributed by atoms with Gasteiger partial charge in [-0.2, -0.15) is 18.4 Å². The molecule has 0 amide bonds. The van der Waals surface area contributed by atoms with E-state index >= 15 is 0 Å². The minimum Gasteiger partial charge on any atom is -0.493 e. The van der Waals surface area contributed by atoms with E-state index in [0.717, 1.165) is 12.3 Å². The monoisotopic (exact) mass is 550 g/mol. The maximum absolute atomic E-state index is 14.2. The van der Waals surface area contributed by atoms with Gasteiger partial charge in [0.1, 0.15) is 11.3 Å². The lowest BCUT2D eigenvalue weighted by Gasteiger charge is -2.37. The summed E-state index contributed by atoms with van der Waals surface area (Å²) < 4.78 is 72.7. The van der Waals surface area contributed by atoms with E-state index < -0.39 is 50.5 Å². The summed E-state index contributed by atoms with van der Waals surface area (Å²) in [4.78, 5) is 10.6. The first-order chi connectivity index (χ1) is 17.4. The van der Waals surface area contributed by atoms with Crippen LogP contribution in [0.1, 0.15) is 54.5 Å². The zero-order chi connectivity index (χ0) is 28.7. The highest BCUT2D eigenvalue weighted by Gasteiger charge is 2.56. The van der Waals surface area contributed by atoms with E-state index in [0.29, 0.717) is 17.7 Å². The van der Waals surface area contributed by atoms with Crippen molar-refractivity contribution in [1.29, 1.82) is 5.26 Å². The molecule has 0 radical (unpaired) electrons. The van der Waals surface area contributed by atoms with E-state index in [1.54, 1.807) is 6.07 Å². The Balaban J connectivity index is 2.05. The van der Waals surface area contributed by atoms with Crippen LogP contribution in [0.3, 0.4) is 0 Å². The summed E-state index contributed by atoms with van der Waals surface area (Å²) >= 11 is 0. The summed E-state index contributed by atoms with van der Waals surface area (Å²) in [5.74, 6) is 4.92. The van der Waals surface area contributed by atoms with Gasteiger partial charge in [-0.05, 0) is 48.1 Å². The number of hydrogen-bond donors (Lipinski definition) is 1. The molecule has 1 N–H and O–H groups in total. The average molecular weight is 551 g/mol. The number of fused-ring (bicyclic) bond motifs is 1. The molecule has 202 valence electrons. The van der Waals surface area contributed by atoms with E-state index in [-0.39, 0.29) is 33.8 Å². The molecule has 0 aromatic heterocycles. The van der Waals surface area contributed by atoms with Crippen LogP contribution in [0.15, 0.2) is 29.2 Å². The Morgan fingerprint density at radius 3 is 2.42 bits per heavy atom. The molecule has 0 aliphatic carbocycles. The van der Waals surface area contributed by atoms with Gasteiger partial charge in [0.15, 0.2) is 15.4 Å². The molecule has 3 rings (SSSR count). The summed E-state index contributed by atoms with van der Waals surface area (Å²) in [6.45, 7) is 4.56. The van der Waals surface area contributed by atoms with Crippen LogP contribution in [0.25, 0.3) is 0 Å². The molecule has 0 saturated heterocycles. The summed E-state index contributed by atoms with van der Waals surface area (Å²) in [7, 11) is -3.68. The third-order valence-electron chi connectivity index (χ3n) is 6.41. The minimum absolute atomic E-state index is 0.000582. The van der Waals surface area contributed by atoms with Crippen LogP contribution in [0.5, 0.6) is 5.75 Å². The molecule has 0 fully saturated rings. The Hall–Kier alpha value is -3.61. The third kappa shape index (κ3) is 5.77. The minimum atomic E-state index is -5.14. The number of sulfone groups is 1.